The molecular formula is C18H28F2N2O2. The molecule has 1 aromatic carbocycles. The largest absolute Gasteiger partial charge is 0.435 e. The zero-order valence-corrected chi connectivity index (χ0v) is 14.3. The summed E-state index contributed by atoms with van der Waals surface area (Å²) in [6, 6.07) is 7.34. The lowest BCUT2D eigenvalue weighted by molar-refractivity contribution is -0.0498. The summed E-state index contributed by atoms with van der Waals surface area (Å²) in [4.78, 5) is 2.44. The molecule has 1 unspecified atom stereocenters. The first-order valence-corrected chi connectivity index (χ1v) is 8.71. The summed E-state index contributed by atoms with van der Waals surface area (Å²) in [5.74, 6) is 0.211. The molecule has 1 aliphatic rings. The molecular weight excluding hydrogens is 314 g/mol. The molecule has 136 valence electrons. The smallest absolute Gasteiger partial charge is 0.387 e. The molecule has 1 atom stereocenters. The summed E-state index contributed by atoms with van der Waals surface area (Å²) in [6.45, 7) is 5.34. The van der Waals surface area contributed by atoms with Crippen molar-refractivity contribution in [3.05, 3.63) is 29.8 Å². The lowest BCUT2D eigenvalue weighted by atomic mass is 10.1. The number of hydrogen-bond acceptors (Lipinski definition) is 4. The second kappa shape index (κ2) is 10.6. The summed E-state index contributed by atoms with van der Waals surface area (Å²) in [6.07, 6.45) is 3.09. The number of rotatable bonds is 10. The van der Waals surface area contributed by atoms with E-state index in [2.05, 4.69) is 21.9 Å². The topological polar surface area (TPSA) is 33.7 Å². The summed E-state index contributed by atoms with van der Waals surface area (Å²) in [5.41, 5.74) is 1.14. The molecule has 1 heterocycles. The van der Waals surface area contributed by atoms with Crippen LogP contribution < -0.4 is 10.1 Å². The van der Waals surface area contributed by atoms with Crippen molar-refractivity contribution >= 4 is 0 Å². The SMILES string of the molecule is CC(CCc1ccc(OC(F)F)cc1)NCCCN1CCOCC1. The summed E-state index contributed by atoms with van der Waals surface area (Å²) in [5, 5.41) is 3.55. The Balaban J connectivity index is 1.56. The zero-order valence-electron chi connectivity index (χ0n) is 14.3. The lowest BCUT2D eigenvalue weighted by Crippen LogP contribution is -2.38. The van der Waals surface area contributed by atoms with E-state index in [0.717, 1.165) is 64.2 Å². The molecule has 0 bridgehead atoms. The Kier molecular flexibility index (Phi) is 8.42. The van der Waals surface area contributed by atoms with Gasteiger partial charge in [-0.1, -0.05) is 12.1 Å². The lowest BCUT2D eigenvalue weighted by Gasteiger charge is -2.26. The number of hydrogen-bond donors (Lipinski definition) is 1. The van der Waals surface area contributed by atoms with Gasteiger partial charge >= 0.3 is 6.61 Å². The van der Waals surface area contributed by atoms with Gasteiger partial charge in [0.15, 0.2) is 0 Å². The quantitative estimate of drug-likeness (QED) is 0.663. The van der Waals surface area contributed by atoms with E-state index in [0.29, 0.717) is 6.04 Å². The number of nitrogens with one attached hydrogen (secondary N) is 1. The van der Waals surface area contributed by atoms with Crippen LogP contribution in [-0.2, 0) is 11.2 Å². The fraction of sp³-hybridized carbons (Fsp3) is 0.667. The minimum Gasteiger partial charge on any atom is -0.435 e. The first-order chi connectivity index (χ1) is 11.6. The van der Waals surface area contributed by atoms with Crippen molar-refractivity contribution in [1.29, 1.82) is 0 Å². The van der Waals surface area contributed by atoms with Gasteiger partial charge in [-0.2, -0.15) is 8.78 Å². The van der Waals surface area contributed by atoms with E-state index < -0.39 is 6.61 Å². The second-order valence-corrected chi connectivity index (χ2v) is 6.22. The molecule has 4 nitrogen and oxygen atoms in total. The van der Waals surface area contributed by atoms with E-state index in [4.69, 9.17) is 4.74 Å². The van der Waals surface area contributed by atoms with Gasteiger partial charge in [0.25, 0.3) is 0 Å². The molecule has 1 aliphatic heterocycles. The Bertz CT molecular complexity index is 451. The molecule has 6 heteroatoms. The molecule has 0 aromatic heterocycles. The van der Waals surface area contributed by atoms with Crippen LogP contribution in [0.4, 0.5) is 8.78 Å². The number of morpholine rings is 1. The monoisotopic (exact) mass is 342 g/mol. The zero-order chi connectivity index (χ0) is 17.2. The van der Waals surface area contributed by atoms with Crippen molar-refractivity contribution < 1.29 is 18.3 Å². The van der Waals surface area contributed by atoms with Crippen molar-refractivity contribution in [2.45, 2.75) is 38.8 Å². The standard InChI is InChI=1S/C18H28F2N2O2/c1-15(21-9-2-10-22-11-13-23-14-12-22)3-4-16-5-7-17(8-6-16)24-18(19)20/h5-8,15,18,21H,2-4,9-14H2,1H3. The van der Waals surface area contributed by atoms with E-state index in [-0.39, 0.29) is 5.75 Å². The van der Waals surface area contributed by atoms with Gasteiger partial charge in [-0.25, -0.2) is 0 Å². The van der Waals surface area contributed by atoms with E-state index in [1.165, 1.54) is 0 Å². The van der Waals surface area contributed by atoms with Crippen LogP contribution in [0.1, 0.15) is 25.3 Å². The van der Waals surface area contributed by atoms with Crippen LogP contribution in [0.25, 0.3) is 0 Å². The number of aryl methyl sites for hydroxylation is 1. The minimum absolute atomic E-state index is 0.211. The van der Waals surface area contributed by atoms with Gasteiger partial charge < -0.3 is 14.8 Å². The highest BCUT2D eigenvalue weighted by Gasteiger charge is 2.09. The van der Waals surface area contributed by atoms with Crippen molar-refractivity contribution in [3.63, 3.8) is 0 Å². The van der Waals surface area contributed by atoms with E-state index in [1.54, 1.807) is 12.1 Å². The molecule has 1 aromatic rings. The number of ether oxygens (including phenoxy) is 2. The van der Waals surface area contributed by atoms with Gasteiger partial charge in [0.2, 0.25) is 0 Å². The maximum Gasteiger partial charge on any atom is 0.387 e. The van der Waals surface area contributed by atoms with Crippen LogP contribution >= 0.6 is 0 Å². The Hall–Kier alpha value is -1.24. The fourth-order valence-electron chi connectivity index (χ4n) is 2.80. The molecule has 24 heavy (non-hydrogen) atoms. The minimum atomic E-state index is -2.77. The summed E-state index contributed by atoms with van der Waals surface area (Å²) >= 11 is 0. The Labute approximate surface area is 143 Å². The molecule has 2 rings (SSSR count). The van der Waals surface area contributed by atoms with Crippen molar-refractivity contribution in [2.24, 2.45) is 0 Å². The number of benzene rings is 1. The Morgan fingerprint density at radius 3 is 2.58 bits per heavy atom. The molecule has 1 fully saturated rings. The number of nitrogens with zero attached hydrogens (tertiary/aromatic N) is 1. The highest BCUT2D eigenvalue weighted by atomic mass is 19.3. The van der Waals surface area contributed by atoms with Gasteiger partial charge in [-0.05, 0) is 57.0 Å². The summed E-state index contributed by atoms with van der Waals surface area (Å²) in [7, 11) is 0. The van der Waals surface area contributed by atoms with Gasteiger partial charge in [0.05, 0.1) is 13.2 Å². The third-order valence-corrected chi connectivity index (χ3v) is 4.26. The Morgan fingerprint density at radius 1 is 1.21 bits per heavy atom. The van der Waals surface area contributed by atoms with Crippen molar-refractivity contribution in [3.8, 4) is 5.75 Å². The van der Waals surface area contributed by atoms with Crippen LogP contribution in [0, 0.1) is 0 Å². The van der Waals surface area contributed by atoms with Gasteiger partial charge in [-0.3, -0.25) is 4.90 Å². The van der Waals surface area contributed by atoms with Crippen LogP contribution in [0.2, 0.25) is 0 Å². The first-order valence-electron chi connectivity index (χ1n) is 8.71. The fourth-order valence-corrected chi connectivity index (χ4v) is 2.80. The average molecular weight is 342 g/mol. The van der Waals surface area contributed by atoms with E-state index in [1.807, 2.05) is 12.1 Å². The highest BCUT2D eigenvalue weighted by Crippen LogP contribution is 2.16. The molecule has 0 radical (unpaired) electrons. The average Bonchev–Trinajstić information content (AvgIpc) is 2.58. The first kappa shape index (κ1) is 19.1. The van der Waals surface area contributed by atoms with Crippen molar-refractivity contribution in [1.82, 2.24) is 10.2 Å². The number of halogens is 2. The predicted octanol–water partition coefficient (Wildman–Crippen LogP) is 2.92. The predicted molar refractivity (Wildman–Crippen MR) is 90.7 cm³/mol. The normalized spacial score (nSPS) is 17.2. The summed E-state index contributed by atoms with van der Waals surface area (Å²) < 4.78 is 33.9. The van der Waals surface area contributed by atoms with Gasteiger partial charge in [-0.15, -0.1) is 0 Å². The highest BCUT2D eigenvalue weighted by molar-refractivity contribution is 5.27. The van der Waals surface area contributed by atoms with E-state index >= 15 is 0 Å². The molecule has 0 saturated carbocycles. The molecule has 1 N–H and O–H groups in total. The van der Waals surface area contributed by atoms with Gasteiger partial charge in [0.1, 0.15) is 5.75 Å². The van der Waals surface area contributed by atoms with E-state index in [9.17, 15) is 8.78 Å². The van der Waals surface area contributed by atoms with Gasteiger partial charge in [0, 0.05) is 19.1 Å². The molecule has 0 spiro atoms. The van der Waals surface area contributed by atoms with Crippen LogP contribution in [0.5, 0.6) is 5.75 Å². The third kappa shape index (κ3) is 7.55. The third-order valence-electron chi connectivity index (χ3n) is 4.26. The maximum absolute atomic E-state index is 12.1. The number of alkyl halides is 2. The van der Waals surface area contributed by atoms with Crippen molar-refractivity contribution in [2.75, 3.05) is 39.4 Å². The Morgan fingerprint density at radius 2 is 1.92 bits per heavy atom. The van der Waals surface area contributed by atoms with Crippen LogP contribution in [0.15, 0.2) is 24.3 Å². The molecule has 0 aliphatic carbocycles. The van der Waals surface area contributed by atoms with Crippen LogP contribution in [-0.4, -0.2) is 56.9 Å². The molecule has 1 saturated heterocycles. The second-order valence-electron chi connectivity index (χ2n) is 6.22. The maximum atomic E-state index is 12.1. The molecule has 0 amide bonds. The van der Waals surface area contributed by atoms with Crippen LogP contribution in [0.3, 0.4) is 0 Å².